The molecule has 0 bridgehead atoms. The molecule has 0 heterocycles. The Labute approximate surface area is 104 Å². The Kier molecular flexibility index (Phi) is 4.76. The molecule has 0 radical (unpaired) electrons. The normalized spacial score (nSPS) is 9.65. The van der Waals surface area contributed by atoms with Crippen LogP contribution in [0.1, 0.15) is 11.1 Å². The average molecular weight is 231 g/mol. The molecule has 0 aliphatic rings. The molecule has 0 aromatic heterocycles. The number of guanidine groups is 1. The van der Waals surface area contributed by atoms with Crippen molar-refractivity contribution in [3.05, 3.63) is 42.0 Å². The summed E-state index contributed by atoms with van der Waals surface area (Å²) in [6, 6.07) is 8.29. The fraction of sp³-hybridized carbons (Fsp3) is 0.357. The van der Waals surface area contributed by atoms with Gasteiger partial charge >= 0.3 is 0 Å². The minimum atomic E-state index is 0.698. The zero-order valence-electron chi connectivity index (χ0n) is 11.1. The van der Waals surface area contributed by atoms with Gasteiger partial charge in [0.2, 0.25) is 0 Å². The molecule has 1 aromatic carbocycles. The van der Waals surface area contributed by atoms with Crippen LogP contribution in [0.4, 0.5) is 0 Å². The van der Waals surface area contributed by atoms with Crippen LogP contribution in [0.25, 0.3) is 6.08 Å². The Morgan fingerprint density at radius 1 is 1.12 bits per heavy atom. The molecule has 3 nitrogen and oxygen atoms in total. The van der Waals surface area contributed by atoms with Gasteiger partial charge in [-0.15, -0.1) is 0 Å². The van der Waals surface area contributed by atoms with Gasteiger partial charge in [-0.2, -0.15) is 0 Å². The first-order valence-electron chi connectivity index (χ1n) is 5.65. The molecule has 0 spiro atoms. The van der Waals surface area contributed by atoms with Crippen LogP contribution in [0.2, 0.25) is 0 Å². The second-order valence-corrected chi connectivity index (χ2v) is 4.35. The van der Waals surface area contributed by atoms with Crippen LogP contribution in [0, 0.1) is 0 Å². The fourth-order valence-corrected chi connectivity index (χ4v) is 1.60. The van der Waals surface area contributed by atoms with E-state index in [1.807, 2.05) is 44.1 Å². The quantitative estimate of drug-likeness (QED) is 0.587. The molecule has 0 amide bonds. The first-order valence-corrected chi connectivity index (χ1v) is 5.65. The lowest BCUT2D eigenvalue weighted by Gasteiger charge is -2.22. The van der Waals surface area contributed by atoms with Crippen molar-refractivity contribution in [2.75, 3.05) is 28.2 Å². The van der Waals surface area contributed by atoms with Crippen molar-refractivity contribution in [1.82, 2.24) is 9.80 Å². The summed E-state index contributed by atoms with van der Waals surface area (Å²) >= 11 is 0. The lowest BCUT2D eigenvalue weighted by Crippen LogP contribution is -2.35. The maximum Gasteiger partial charge on any atom is 0.195 e. The lowest BCUT2D eigenvalue weighted by molar-refractivity contribution is 0.479. The molecule has 3 heteroatoms. The topological polar surface area (TPSA) is 18.8 Å². The van der Waals surface area contributed by atoms with Crippen LogP contribution in [-0.4, -0.2) is 44.0 Å². The second-order valence-electron chi connectivity index (χ2n) is 4.35. The van der Waals surface area contributed by atoms with Crippen LogP contribution in [-0.2, 0) is 6.54 Å². The Hall–Kier alpha value is -1.77. The maximum absolute atomic E-state index is 4.59. The predicted octanol–water partition coefficient (Wildman–Crippen LogP) is 2.31. The Balaban J connectivity index is 2.76. The first-order chi connectivity index (χ1) is 8.04. The summed E-state index contributed by atoms with van der Waals surface area (Å²) in [5.74, 6) is 0.970. The highest BCUT2D eigenvalue weighted by molar-refractivity contribution is 5.79. The third kappa shape index (κ3) is 3.94. The zero-order valence-corrected chi connectivity index (χ0v) is 11.1. The number of benzene rings is 1. The van der Waals surface area contributed by atoms with Gasteiger partial charge < -0.3 is 9.80 Å². The summed E-state index contributed by atoms with van der Waals surface area (Å²) in [5, 5.41) is 0. The standard InChI is InChI=1S/C14H21N3/c1-6-12-7-9-13(10-8-12)11-15-14(16(2)3)17(4)5/h6-10H,1,11H2,2-5H3. The van der Waals surface area contributed by atoms with E-state index in [1.54, 1.807) is 0 Å². The summed E-state index contributed by atoms with van der Waals surface area (Å²) in [6.45, 7) is 4.44. The van der Waals surface area contributed by atoms with E-state index in [2.05, 4.69) is 35.8 Å². The number of nitrogens with zero attached hydrogens (tertiary/aromatic N) is 3. The summed E-state index contributed by atoms with van der Waals surface area (Å²) in [6.07, 6.45) is 1.85. The van der Waals surface area contributed by atoms with Gasteiger partial charge in [-0.25, -0.2) is 4.99 Å². The number of hydrogen-bond donors (Lipinski definition) is 0. The number of rotatable bonds is 3. The van der Waals surface area contributed by atoms with E-state index in [0.29, 0.717) is 6.54 Å². The van der Waals surface area contributed by atoms with Gasteiger partial charge in [-0.1, -0.05) is 36.9 Å². The average Bonchev–Trinajstić information content (AvgIpc) is 2.29. The van der Waals surface area contributed by atoms with Crippen molar-refractivity contribution >= 4 is 12.0 Å². The summed E-state index contributed by atoms with van der Waals surface area (Å²) < 4.78 is 0. The maximum atomic E-state index is 4.59. The molecule has 17 heavy (non-hydrogen) atoms. The van der Waals surface area contributed by atoms with Gasteiger partial charge in [0, 0.05) is 28.2 Å². The van der Waals surface area contributed by atoms with Gasteiger partial charge in [0.15, 0.2) is 5.96 Å². The molecule has 0 unspecified atom stereocenters. The van der Waals surface area contributed by atoms with E-state index >= 15 is 0 Å². The van der Waals surface area contributed by atoms with Gasteiger partial charge in [0.25, 0.3) is 0 Å². The molecule has 0 saturated carbocycles. The van der Waals surface area contributed by atoms with E-state index < -0.39 is 0 Å². The zero-order chi connectivity index (χ0) is 12.8. The summed E-state index contributed by atoms with van der Waals surface area (Å²) in [4.78, 5) is 8.62. The molecule has 0 N–H and O–H groups in total. The van der Waals surface area contributed by atoms with Gasteiger partial charge in [0.1, 0.15) is 0 Å². The summed E-state index contributed by atoms with van der Waals surface area (Å²) in [5.41, 5.74) is 2.34. The lowest BCUT2D eigenvalue weighted by atomic mass is 10.1. The molecule has 92 valence electrons. The van der Waals surface area contributed by atoms with Crippen LogP contribution >= 0.6 is 0 Å². The van der Waals surface area contributed by atoms with Crippen molar-refractivity contribution in [3.63, 3.8) is 0 Å². The number of aliphatic imine (C=N–C) groups is 1. The van der Waals surface area contributed by atoms with Crippen LogP contribution in [0.3, 0.4) is 0 Å². The SMILES string of the molecule is C=Cc1ccc(CN=C(N(C)C)N(C)C)cc1. The van der Waals surface area contributed by atoms with Gasteiger partial charge in [-0.3, -0.25) is 0 Å². The molecule has 0 aliphatic carbocycles. The molecular weight excluding hydrogens is 210 g/mol. The molecule has 1 rings (SSSR count). The highest BCUT2D eigenvalue weighted by Crippen LogP contribution is 2.07. The summed E-state index contributed by atoms with van der Waals surface area (Å²) in [7, 11) is 8.00. The van der Waals surface area contributed by atoms with Crippen molar-refractivity contribution in [1.29, 1.82) is 0 Å². The molecule has 0 fully saturated rings. The minimum absolute atomic E-state index is 0.698. The smallest absolute Gasteiger partial charge is 0.195 e. The molecular formula is C14H21N3. The largest absolute Gasteiger partial charge is 0.349 e. The van der Waals surface area contributed by atoms with Gasteiger partial charge in [0.05, 0.1) is 6.54 Å². The third-order valence-electron chi connectivity index (χ3n) is 2.42. The second kappa shape index (κ2) is 6.09. The molecule has 0 atom stereocenters. The fourth-order valence-electron chi connectivity index (χ4n) is 1.60. The minimum Gasteiger partial charge on any atom is -0.349 e. The van der Waals surface area contributed by atoms with E-state index in [4.69, 9.17) is 0 Å². The van der Waals surface area contributed by atoms with Crippen molar-refractivity contribution in [2.24, 2.45) is 4.99 Å². The Bertz CT molecular complexity index is 378. The highest BCUT2D eigenvalue weighted by atomic mass is 15.3. The first kappa shape index (κ1) is 13.3. The predicted molar refractivity (Wildman–Crippen MR) is 75.0 cm³/mol. The van der Waals surface area contributed by atoms with Crippen LogP contribution in [0.5, 0.6) is 0 Å². The van der Waals surface area contributed by atoms with Crippen molar-refractivity contribution < 1.29 is 0 Å². The van der Waals surface area contributed by atoms with Crippen molar-refractivity contribution in [2.45, 2.75) is 6.54 Å². The Morgan fingerprint density at radius 2 is 1.65 bits per heavy atom. The van der Waals surface area contributed by atoms with Crippen LogP contribution < -0.4 is 0 Å². The van der Waals surface area contributed by atoms with E-state index in [9.17, 15) is 0 Å². The van der Waals surface area contributed by atoms with E-state index in [0.717, 1.165) is 11.5 Å². The monoisotopic (exact) mass is 231 g/mol. The Morgan fingerprint density at radius 3 is 2.06 bits per heavy atom. The number of hydrogen-bond acceptors (Lipinski definition) is 1. The van der Waals surface area contributed by atoms with Gasteiger partial charge in [-0.05, 0) is 11.1 Å². The molecule has 1 aromatic rings. The molecule has 0 aliphatic heterocycles. The molecule has 0 saturated heterocycles. The highest BCUT2D eigenvalue weighted by Gasteiger charge is 2.03. The van der Waals surface area contributed by atoms with Crippen LogP contribution in [0.15, 0.2) is 35.8 Å². The third-order valence-corrected chi connectivity index (χ3v) is 2.42. The van der Waals surface area contributed by atoms with Crippen molar-refractivity contribution in [3.8, 4) is 0 Å². The van der Waals surface area contributed by atoms with E-state index in [1.165, 1.54) is 5.56 Å². The van der Waals surface area contributed by atoms with E-state index in [-0.39, 0.29) is 0 Å².